The van der Waals surface area contributed by atoms with Gasteiger partial charge in [-0.25, -0.2) is 15.0 Å². The average molecular weight is 342 g/mol. The minimum atomic E-state index is 0.425. The molecule has 6 nitrogen and oxygen atoms in total. The average Bonchev–Trinajstić information content (AvgIpc) is 2.91. The van der Waals surface area contributed by atoms with Crippen LogP contribution in [-0.2, 0) is 6.54 Å². The molecule has 0 radical (unpaired) electrons. The number of hydrogen-bond acceptors (Lipinski definition) is 6. The number of hydrogen-bond donors (Lipinski definition) is 2. The third-order valence-electron chi connectivity index (χ3n) is 3.59. The topological polar surface area (TPSA) is 81.7 Å². The molecule has 0 aliphatic carbocycles. The van der Waals surface area contributed by atoms with E-state index in [4.69, 9.17) is 5.73 Å². The minimum Gasteiger partial charge on any atom is -0.382 e. The van der Waals surface area contributed by atoms with E-state index >= 15 is 0 Å². The van der Waals surface area contributed by atoms with Crippen molar-refractivity contribution in [2.24, 2.45) is 0 Å². The van der Waals surface area contributed by atoms with Gasteiger partial charge < -0.3 is 15.6 Å². The van der Waals surface area contributed by atoms with Crippen molar-refractivity contribution in [3.05, 3.63) is 36.7 Å². The first-order chi connectivity index (χ1) is 11.6. The van der Waals surface area contributed by atoms with Gasteiger partial charge in [-0.1, -0.05) is 43.8 Å². The fraction of sp³-hybridized carbons (Fsp3) is 0.353. The highest BCUT2D eigenvalue weighted by Gasteiger charge is 2.15. The fourth-order valence-corrected chi connectivity index (χ4v) is 3.36. The fourth-order valence-electron chi connectivity index (χ4n) is 2.44. The Bertz CT molecular complexity index is 799. The summed E-state index contributed by atoms with van der Waals surface area (Å²) < 4.78 is 2.13. The van der Waals surface area contributed by atoms with E-state index in [1.165, 1.54) is 6.33 Å². The van der Waals surface area contributed by atoms with Gasteiger partial charge in [0.2, 0.25) is 0 Å². The van der Waals surface area contributed by atoms with Gasteiger partial charge in [0.05, 0.1) is 0 Å². The Morgan fingerprint density at radius 2 is 2.00 bits per heavy atom. The van der Waals surface area contributed by atoms with Crippen molar-refractivity contribution < 1.29 is 0 Å². The quantitative estimate of drug-likeness (QED) is 0.643. The lowest BCUT2D eigenvalue weighted by Crippen LogP contribution is -2.24. The van der Waals surface area contributed by atoms with Crippen molar-refractivity contribution in [3.8, 4) is 0 Å². The number of fused-ring (bicyclic) bond motifs is 1. The van der Waals surface area contributed by atoms with E-state index in [1.54, 1.807) is 11.8 Å². The molecule has 0 fully saturated rings. The summed E-state index contributed by atoms with van der Waals surface area (Å²) in [6.45, 7) is 6.09. The minimum absolute atomic E-state index is 0.425. The lowest BCUT2D eigenvalue weighted by atomic mass is 10.3. The predicted molar refractivity (Wildman–Crippen MR) is 98.1 cm³/mol. The van der Waals surface area contributed by atoms with Gasteiger partial charge in [-0.05, 0) is 25.1 Å². The molecule has 3 rings (SSSR count). The first-order valence-corrected chi connectivity index (χ1v) is 8.90. The lowest BCUT2D eigenvalue weighted by Gasteiger charge is -2.10. The molecule has 3 N–H and O–H groups in total. The summed E-state index contributed by atoms with van der Waals surface area (Å²) in [5, 5.41) is 4.33. The van der Waals surface area contributed by atoms with Crippen LogP contribution in [0.1, 0.15) is 20.3 Å². The van der Waals surface area contributed by atoms with E-state index in [0.717, 1.165) is 35.2 Å². The van der Waals surface area contributed by atoms with Gasteiger partial charge in [0.15, 0.2) is 22.1 Å². The number of anilines is 1. The zero-order chi connectivity index (χ0) is 16.9. The van der Waals surface area contributed by atoms with Gasteiger partial charge in [-0.15, -0.1) is 0 Å². The molecule has 0 spiro atoms. The van der Waals surface area contributed by atoms with Crippen molar-refractivity contribution in [3.63, 3.8) is 0 Å². The molecule has 0 unspecified atom stereocenters. The van der Waals surface area contributed by atoms with E-state index in [9.17, 15) is 0 Å². The van der Waals surface area contributed by atoms with Gasteiger partial charge >= 0.3 is 0 Å². The molecule has 0 saturated heterocycles. The SMILES string of the molecule is CC(C)NCCCn1c(Sc2ccccc2)nc2c(N)ncnc21. The highest BCUT2D eigenvalue weighted by Crippen LogP contribution is 2.30. The smallest absolute Gasteiger partial charge is 0.175 e. The molecule has 7 heteroatoms. The normalized spacial score (nSPS) is 11.5. The van der Waals surface area contributed by atoms with Crippen molar-refractivity contribution in [1.82, 2.24) is 24.8 Å². The summed E-state index contributed by atoms with van der Waals surface area (Å²) in [7, 11) is 0. The van der Waals surface area contributed by atoms with E-state index < -0.39 is 0 Å². The number of nitrogen functional groups attached to an aromatic ring is 1. The first-order valence-electron chi connectivity index (χ1n) is 8.08. The molecular weight excluding hydrogens is 320 g/mol. The molecule has 126 valence electrons. The summed E-state index contributed by atoms with van der Waals surface area (Å²) in [6.07, 6.45) is 2.50. The van der Waals surface area contributed by atoms with Gasteiger partial charge in [0.25, 0.3) is 0 Å². The lowest BCUT2D eigenvalue weighted by molar-refractivity contribution is 0.525. The second-order valence-corrected chi connectivity index (χ2v) is 6.90. The Hall–Kier alpha value is -2.12. The third kappa shape index (κ3) is 3.85. The molecule has 2 heterocycles. The number of rotatable bonds is 7. The molecule has 0 aliphatic heterocycles. The van der Waals surface area contributed by atoms with Gasteiger partial charge in [-0.2, -0.15) is 0 Å². The number of nitrogens with two attached hydrogens (primary N) is 1. The van der Waals surface area contributed by atoms with Crippen LogP contribution in [0.25, 0.3) is 11.2 Å². The van der Waals surface area contributed by atoms with Crippen LogP contribution in [0.5, 0.6) is 0 Å². The van der Waals surface area contributed by atoms with Crippen LogP contribution in [0.3, 0.4) is 0 Å². The monoisotopic (exact) mass is 342 g/mol. The number of benzene rings is 1. The second kappa shape index (κ2) is 7.63. The highest BCUT2D eigenvalue weighted by molar-refractivity contribution is 7.99. The Morgan fingerprint density at radius 3 is 2.75 bits per heavy atom. The molecule has 1 aromatic carbocycles. The van der Waals surface area contributed by atoms with Crippen LogP contribution in [0, 0.1) is 0 Å². The maximum atomic E-state index is 5.98. The summed E-state index contributed by atoms with van der Waals surface area (Å²) in [5.41, 5.74) is 7.45. The van der Waals surface area contributed by atoms with E-state index in [-0.39, 0.29) is 0 Å². The molecule has 2 aromatic heterocycles. The van der Waals surface area contributed by atoms with E-state index in [2.05, 4.69) is 50.8 Å². The number of aryl methyl sites for hydroxylation is 1. The zero-order valence-electron chi connectivity index (χ0n) is 13.9. The van der Waals surface area contributed by atoms with E-state index in [1.807, 2.05) is 18.2 Å². The maximum absolute atomic E-state index is 5.98. The maximum Gasteiger partial charge on any atom is 0.175 e. The van der Waals surface area contributed by atoms with Crippen molar-refractivity contribution in [2.75, 3.05) is 12.3 Å². The number of nitrogens with zero attached hydrogens (tertiary/aromatic N) is 4. The van der Waals surface area contributed by atoms with Crippen LogP contribution in [0.2, 0.25) is 0 Å². The highest BCUT2D eigenvalue weighted by atomic mass is 32.2. The Balaban J connectivity index is 1.88. The van der Waals surface area contributed by atoms with Crippen LogP contribution in [0.4, 0.5) is 5.82 Å². The van der Waals surface area contributed by atoms with Gasteiger partial charge in [0.1, 0.15) is 6.33 Å². The number of nitrogens with one attached hydrogen (secondary N) is 1. The molecule has 0 bridgehead atoms. The molecule has 0 atom stereocenters. The predicted octanol–water partition coefficient (Wildman–Crippen LogP) is 2.95. The van der Waals surface area contributed by atoms with Crippen molar-refractivity contribution >= 4 is 28.7 Å². The Labute approximate surface area is 145 Å². The molecule has 3 aromatic rings. The van der Waals surface area contributed by atoms with Gasteiger partial charge in [0, 0.05) is 17.5 Å². The molecule has 0 aliphatic rings. The van der Waals surface area contributed by atoms with Gasteiger partial charge in [-0.3, -0.25) is 0 Å². The standard InChI is InChI=1S/C17H22N6S/c1-12(2)19-9-6-10-23-16-14(15(18)20-11-21-16)22-17(23)24-13-7-4-3-5-8-13/h3-5,7-8,11-12,19H,6,9-10H2,1-2H3,(H2,18,20,21). The number of imidazole rings is 1. The van der Waals surface area contributed by atoms with E-state index in [0.29, 0.717) is 17.4 Å². The molecule has 0 amide bonds. The molecular formula is C17H22N6S. The first kappa shape index (κ1) is 16.7. The summed E-state index contributed by atoms with van der Waals surface area (Å²) in [6, 6.07) is 10.7. The van der Waals surface area contributed by atoms with Crippen molar-refractivity contribution in [1.29, 1.82) is 0 Å². The van der Waals surface area contributed by atoms with Crippen LogP contribution in [-0.4, -0.2) is 32.1 Å². The number of aromatic nitrogens is 4. The van der Waals surface area contributed by atoms with Crippen molar-refractivity contribution in [2.45, 2.75) is 42.9 Å². The second-order valence-electron chi connectivity index (χ2n) is 5.85. The van der Waals surface area contributed by atoms with Crippen LogP contribution < -0.4 is 11.1 Å². The summed E-state index contributed by atoms with van der Waals surface area (Å²) >= 11 is 1.62. The van der Waals surface area contributed by atoms with Crippen LogP contribution in [0.15, 0.2) is 46.7 Å². The Kier molecular flexibility index (Phi) is 5.32. The Morgan fingerprint density at radius 1 is 1.21 bits per heavy atom. The zero-order valence-corrected chi connectivity index (χ0v) is 14.8. The largest absolute Gasteiger partial charge is 0.382 e. The third-order valence-corrected chi connectivity index (χ3v) is 4.59. The summed E-state index contributed by atoms with van der Waals surface area (Å²) in [5.74, 6) is 0.425. The molecule has 24 heavy (non-hydrogen) atoms. The van der Waals surface area contributed by atoms with Crippen LogP contribution >= 0.6 is 11.8 Å². The summed E-state index contributed by atoms with van der Waals surface area (Å²) in [4.78, 5) is 14.3. The molecule has 0 saturated carbocycles.